The van der Waals surface area contributed by atoms with Crippen LogP contribution in [0.1, 0.15) is 10.4 Å². The van der Waals surface area contributed by atoms with Crippen molar-refractivity contribution in [1.29, 1.82) is 0 Å². The number of rotatable bonds is 12. The zero-order valence-electron chi connectivity index (χ0n) is 21.1. The van der Waals surface area contributed by atoms with E-state index in [4.69, 9.17) is 11.6 Å². The average Bonchev–Trinajstić information content (AvgIpc) is 2.92. The maximum absolute atomic E-state index is 14.0. The third-order valence-electron chi connectivity index (χ3n) is 5.61. The molecule has 0 spiro atoms. The molecule has 0 aliphatic carbocycles. The fourth-order valence-corrected chi connectivity index (χ4v) is 3.27. The number of halogens is 17. The van der Waals surface area contributed by atoms with Gasteiger partial charge in [0.1, 0.15) is 5.75 Å². The van der Waals surface area contributed by atoms with Gasteiger partial charge in [-0.1, -0.05) is 23.7 Å². The van der Waals surface area contributed by atoms with E-state index in [2.05, 4.69) is 4.74 Å². The minimum Gasteiger partial charge on any atom is -0.487 e. The van der Waals surface area contributed by atoms with Crippen molar-refractivity contribution in [2.24, 2.45) is 0 Å². The van der Waals surface area contributed by atoms with Crippen LogP contribution in [0.4, 0.5) is 80.7 Å². The molecule has 2 aromatic rings. The Bertz CT molecular complexity index is 1390. The van der Waals surface area contributed by atoms with Gasteiger partial charge in [-0.3, -0.25) is 10.1 Å². The lowest BCUT2D eigenvalue weighted by molar-refractivity contribution is -0.447. The van der Waals surface area contributed by atoms with Crippen molar-refractivity contribution in [2.75, 3.05) is 11.9 Å². The van der Waals surface area contributed by atoms with Gasteiger partial charge < -0.3 is 10.1 Å². The molecule has 3 amide bonds. The summed E-state index contributed by atoms with van der Waals surface area (Å²) in [7, 11) is 0. The van der Waals surface area contributed by atoms with Crippen LogP contribution in [-0.4, -0.2) is 66.4 Å². The van der Waals surface area contributed by atoms with E-state index >= 15 is 0 Å². The number of alkyl halides is 16. The lowest BCUT2D eigenvalue weighted by atomic mass is 9.89. The Morgan fingerprint density at radius 1 is 0.689 bits per heavy atom. The first-order chi connectivity index (χ1) is 20.2. The highest BCUT2D eigenvalue weighted by Crippen LogP contribution is 2.62. The van der Waals surface area contributed by atoms with E-state index in [0.717, 1.165) is 12.1 Å². The molecule has 5 nitrogen and oxygen atoms in total. The van der Waals surface area contributed by atoms with E-state index in [9.17, 15) is 79.8 Å². The second-order valence-corrected chi connectivity index (χ2v) is 9.11. The first-order valence-corrected chi connectivity index (χ1v) is 11.6. The second kappa shape index (κ2) is 12.3. The van der Waals surface area contributed by atoms with Crippen LogP contribution in [0.3, 0.4) is 0 Å². The summed E-state index contributed by atoms with van der Waals surface area (Å²) in [4.78, 5) is 24.0. The summed E-state index contributed by atoms with van der Waals surface area (Å²) in [6, 6.07) is 6.79. The van der Waals surface area contributed by atoms with Crippen LogP contribution in [0.15, 0.2) is 48.5 Å². The number of carbonyl (C=O) groups excluding carboxylic acids is 2. The fourth-order valence-electron chi connectivity index (χ4n) is 3.04. The highest BCUT2D eigenvalue weighted by atomic mass is 35.5. The van der Waals surface area contributed by atoms with Gasteiger partial charge in [-0.15, -0.1) is 0 Å². The quantitative estimate of drug-likeness (QED) is 0.218. The number of nitrogens with one attached hydrogen (secondary N) is 2. The highest BCUT2D eigenvalue weighted by molar-refractivity contribution is 6.34. The second-order valence-electron chi connectivity index (χ2n) is 8.70. The molecule has 0 bridgehead atoms. The summed E-state index contributed by atoms with van der Waals surface area (Å²) >= 11 is 5.78. The van der Waals surface area contributed by atoms with Crippen LogP contribution in [0, 0.1) is 0 Å². The summed E-state index contributed by atoms with van der Waals surface area (Å²) in [6.45, 7) is -3.07. The van der Waals surface area contributed by atoms with Crippen LogP contribution in [-0.2, 0) is 0 Å². The predicted octanol–water partition coefficient (Wildman–Crippen LogP) is 8.39. The lowest BCUT2D eigenvalue weighted by Crippen LogP contribution is -2.74. The number of benzene rings is 2. The summed E-state index contributed by atoms with van der Waals surface area (Å²) < 4.78 is 219. The van der Waals surface area contributed by atoms with Crippen molar-refractivity contribution < 1.29 is 84.6 Å². The van der Waals surface area contributed by atoms with Crippen molar-refractivity contribution in [3.8, 4) is 5.75 Å². The van der Waals surface area contributed by atoms with Gasteiger partial charge in [0, 0.05) is 5.69 Å². The normalized spacial score (nSPS) is 13.9. The SMILES string of the molecule is O=C(NC(=O)c1ccccc1Cl)Nc1ccc(OCC(F)(F)C(F)(F)C(F)(F)C(F)(F)C(F)(F)C(F)(F)C(F)(F)C(F)F)cc1. The molecule has 0 aromatic heterocycles. The predicted molar refractivity (Wildman–Crippen MR) is 121 cm³/mol. The number of hydrogen-bond acceptors (Lipinski definition) is 3. The van der Waals surface area contributed by atoms with Crippen molar-refractivity contribution in [1.82, 2.24) is 5.32 Å². The molecule has 2 rings (SSSR count). The van der Waals surface area contributed by atoms with Gasteiger partial charge in [0.15, 0.2) is 6.61 Å². The van der Waals surface area contributed by atoms with Gasteiger partial charge >= 0.3 is 53.9 Å². The summed E-state index contributed by atoms with van der Waals surface area (Å²) in [5.74, 6) is -57.4. The molecule has 0 atom stereocenters. The van der Waals surface area contributed by atoms with Gasteiger partial charge in [0.2, 0.25) is 0 Å². The number of amides is 3. The molecule has 0 fully saturated rings. The number of carbonyl (C=O) groups is 2. The molecule has 0 saturated carbocycles. The fraction of sp³-hybridized carbons (Fsp3) is 0.391. The Kier molecular flexibility index (Phi) is 10.2. The monoisotopic (exact) mass is 704 g/mol. The van der Waals surface area contributed by atoms with E-state index in [1.54, 1.807) is 0 Å². The maximum atomic E-state index is 14.0. The number of anilines is 1. The smallest absolute Gasteiger partial charge is 0.385 e. The number of urea groups is 1. The van der Waals surface area contributed by atoms with Gasteiger partial charge in [-0.25, -0.2) is 13.6 Å². The first kappa shape index (κ1) is 37.5. The van der Waals surface area contributed by atoms with Crippen LogP contribution in [0.25, 0.3) is 0 Å². The maximum Gasteiger partial charge on any atom is 0.385 e. The van der Waals surface area contributed by atoms with Crippen LogP contribution in [0.5, 0.6) is 5.75 Å². The van der Waals surface area contributed by atoms with Crippen molar-refractivity contribution in [2.45, 2.75) is 47.9 Å². The Hall–Kier alpha value is -3.65. The third kappa shape index (κ3) is 6.53. The van der Waals surface area contributed by atoms with Crippen LogP contribution < -0.4 is 15.4 Å². The molecule has 22 heteroatoms. The molecule has 0 aliphatic rings. The molecular formula is C23H13ClF16N2O3. The molecule has 2 N–H and O–H groups in total. The van der Waals surface area contributed by atoms with E-state index < -0.39 is 72.2 Å². The average molecular weight is 705 g/mol. The first-order valence-electron chi connectivity index (χ1n) is 11.2. The third-order valence-corrected chi connectivity index (χ3v) is 5.94. The summed E-state index contributed by atoms with van der Waals surface area (Å²) in [5, 5.41) is 3.79. The Balaban J connectivity index is 2.19. The summed E-state index contributed by atoms with van der Waals surface area (Å²) in [5.41, 5.74) is -0.415. The van der Waals surface area contributed by atoms with Gasteiger partial charge in [-0.05, 0) is 36.4 Å². The van der Waals surface area contributed by atoms with E-state index in [1.165, 1.54) is 24.3 Å². The molecule has 252 valence electrons. The molecule has 0 unspecified atom stereocenters. The van der Waals surface area contributed by atoms with Crippen LogP contribution >= 0.6 is 11.6 Å². The minimum absolute atomic E-state index is 0.0481. The molecule has 2 aromatic carbocycles. The zero-order chi connectivity index (χ0) is 35.0. The largest absolute Gasteiger partial charge is 0.487 e. The Morgan fingerprint density at radius 3 is 1.64 bits per heavy atom. The lowest BCUT2D eigenvalue weighted by Gasteiger charge is -2.42. The van der Waals surface area contributed by atoms with Crippen molar-refractivity contribution >= 4 is 29.2 Å². The standard InChI is InChI=1S/C23H13ClF16N2O3/c24-13-4-2-1-3-12(13)14(43)42-16(44)41-10-5-7-11(8-6-10)45-9-17(27,28)19(31,32)21(35,36)23(39,40)22(37,38)20(33,34)18(29,30)15(25)26/h1-8,15H,9H2,(H2,41,42,43,44). The van der Waals surface area contributed by atoms with Gasteiger partial charge in [0.25, 0.3) is 5.91 Å². The highest BCUT2D eigenvalue weighted by Gasteiger charge is 2.93. The van der Waals surface area contributed by atoms with Crippen molar-refractivity contribution in [3.05, 3.63) is 59.1 Å². The van der Waals surface area contributed by atoms with Gasteiger partial charge in [-0.2, -0.15) is 61.5 Å². The number of imide groups is 1. The molecular weight excluding hydrogens is 692 g/mol. The number of hydrogen-bond donors (Lipinski definition) is 2. The topological polar surface area (TPSA) is 67.4 Å². The minimum atomic E-state index is -8.50. The number of ether oxygens (including phenoxy) is 1. The Morgan fingerprint density at radius 2 is 1.16 bits per heavy atom. The van der Waals surface area contributed by atoms with Crippen LogP contribution in [0.2, 0.25) is 5.02 Å². The van der Waals surface area contributed by atoms with Crippen molar-refractivity contribution in [3.63, 3.8) is 0 Å². The molecule has 0 heterocycles. The van der Waals surface area contributed by atoms with E-state index in [-0.39, 0.29) is 16.3 Å². The summed E-state index contributed by atoms with van der Waals surface area (Å²) in [6.07, 6.45) is -5.93. The van der Waals surface area contributed by atoms with E-state index in [0.29, 0.717) is 12.1 Å². The van der Waals surface area contributed by atoms with E-state index in [1.807, 2.05) is 10.6 Å². The molecule has 0 saturated heterocycles. The molecule has 45 heavy (non-hydrogen) atoms. The molecule has 0 aliphatic heterocycles. The zero-order valence-corrected chi connectivity index (χ0v) is 21.8. The molecule has 0 radical (unpaired) electrons. The Labute approximate surface area is 244 Å². The van der Waals surface area contributed by atoms with Gasteiger partial charge in [0.05, 0.1) is 10.6 Å².